The number of amides is 2. The van der Waals surface area contributed by atoms with Gasteiger partial charge in [0.15, 0.2) is 0 Å². The van der Waals surface area contributed by atoms with Gasteiger partial charge < -0.3 is 10.6 Å². The Labute approximate surface area is 161 Å². The van der Waals surface area contributed by atoms with Gasteiger partial charge in [0, 0.05) is 29.3 Å². The second-order valence-electron chi connectivity index (χ2n) is 8.17. The number of benzene rings is 1. The van der Waals surface area contributed by atoms with Crippen LogP contribution in [-0.2, 0) is 6.54 Å². The van der Waals surface area contributed by atoms with Gasteiger partial charge in [0.2, 0.25) is 0 Å². The van der Waals surface area contributed by atoms with Crippen LogP contribution in [0.2, 0.25) is 0 Å². The van der Waals surface area contributed by atoms with Crippen molar-refractivity contribution in [3.8, 4) is 0 Å². The third-order valence-corrected chi connectivity index (χ3v) is 6.08. The van der Waals surface area contributed by atoms with Gasteiger partial charge >= 0.3 is 6.03 Å². The predicted molar refractivity (Wildman–Crippen MR) is 101 cm³/mol. The fourth-order valence-electron chi connectivity index (χ4n) is 4.25. The number of alkyl halides is 2. The molecule has 0 bridgehead atoms. The van der Waals surface area contributed by atoms with Crippen LogP contribution in [0.25, 0.3) is 10.8 Å². The highest BCUT2D eigenvalue weighted by Crippen LogP contribution is 2.67. The zero-order valence-electron chi connectivity index (χ0n) is 15.8. The number of hydrogen-bond acceptors (Lipinski definition) is 3. The first-order valence-corrected chi connectivity index (χ1v) is 9.69. The molecule has 2 saturated carbocycles. The summed E-state index contributed by atoms with van der Waals surface area (Å²) in [5.41, 5.74) is -1.01. The predicted octanol–water partition coefficient (Wildman–Crippen LogP) is 3.05. The number of fused-ring (bicyclic) bond motifs is 1. The second-order valence-corrected chi connectivity index (χ2v) is 8.17. The van der Waals surface area contributed by atoms with Crippen molar-refractivity contribution in [3.63, 3.8) is 0 Å². The van der Waals surface area contributed by atoms with E-state index in [2.05, 4.69) is 15.7 Å². The molecule has 1 aromatic heterocycles. The van der Waals surface area contributed by atoms with Crippen LogP contribution < -0.4 is 16.2 Å². The van der Waals surface area contributed by atoms with Crippen molar-refractivity contribution in [1.29, 1.82) is 0 Å². The lowest BCUT2D eigenvalue weighted by atomic mass is 9.83. The molecular formula is C20H24F2N4O2. The SMILES string of the molecule is CC(Cn1ncc2ccccc2c1=O)NC(=O)NC1CCC2(CC1)CC2(F)F. The summed E-state index contributed by atoms with van der Waals surface area (Å²) in [6, 6.07) is 6.48. The van der Waals surface area contributed by atoms with Crippen molar-refractivity contribution in [2.75, 3.05) is 0 Å². The molecule has 8 heteroatoms. The Morgan fingerprint density at radius 2 is 2.00 bits per heavy atom. The van der Waals surface area contributed by atoms with Crippen molar-refractivity contribution in [1.82, 2.24) is 20.4 Å². The molecule has 2 fully saturated rings. The fraction of sp³-hybridized carbons (Fsp3) is 0.550. The van der Waals surface area contributed by atoms with Crippen molar-refractivity contribution in [2.45, 2.75) is 63.6 Å². The maximum atomic E-state index is 13.4. The molecular weight excluding hydrogens is 366 g/mol. The summed E-state index contributed by atoms with van der Waals surface area (Å²) in [5.74, 6) is -2.52. The van der Waals surface area contributed by atoms with Gasteiger partial charge in [0.05, 0.1) is 18.1 Å². The maximum absolute atomic E-state index is 13.4. The first-order valence-electron chi connectivity index (χ1n) is 9.69. The van der Waals surface area contributed by atoms with E-state index in [4.69, 9.17) is 0 Å². The van der Waals surface area contributed by atoms with Crippen LogP contribution >= 0.6 is 0 Å². The quantitative estimate of drug-likeness (QED) is 0.843. The van der Waals surface area contributed by atoms with Crippen molar-refractivity contribution in [2.24, 2.45) is 5.41 Å². The van der Waals surface area contributed by atoms with E-state index < -0.39 is 11.3 Å². The van der Waals surface area contributed by atoms with E-state index in [1.54, 1.807) is 25.3 Å². The largest absolute Gasteiger partial charge is 0.335 e. The van der Waals surface area contributed by atoms with Crippen molar-refractivity contribution in [3.05, 3.63) is 40.8 Å². The van der Waals surface area contributed by atoms with Crippen LogP contribution in [0, 0.1) is 5.41 Å². The molecule has 150 valence electrons. The summed E-state index contributed by atoms with van der Waals surface area (Å²) in [7, 11) is 0. The van der Waals surface area contributed by atoms with E-state index in [-0.39, 0.29) is 36.6 Å². The molecule has 1 unspecified atom stereocenters. The molecule has 2 aliphatic carbocycles. The molecule has 0 aliphatic heterocycles. The number of rotatable bonds is 4. The van der Waals surface area contributed by atoms with Crippen LogP contribution in [0.4, 0.5) is 13.6 Å². The van der Waals surface area contributed by atoms with Crippen LogP contribution in [0.5, 0.6) is 0 Å². The molecule has 2 N–H and O–H groups in total. The van der Waals surface area contributed by atoms with Gasteiger partial charge in [-0.25, -0.2) is 18.3 Å². The normalized spacial score (nSPS) is 26.8. The molecule has 1 heterocycles. The number of urea groups is 1. The monoisotopic (exact) mass is 390 g/mol. The lowest BCUT2D eigenvalue weighted by molar-refractivity contribution is 0.0445. The van der Waals surface area contributed by atoms with Crippen LogP contribution in [0.1, 0.15) is 39.0 Å². The molecule has 4 rings (SSSR count). The zero-order valence-corrected chi connectivity index (χ0v) is 15.8. The van der Waals surface area contributed by atoms with E-state index in [0.29, 0.717) is 31.1 Å². The lowest BCUT2D eigenvalue weighted by Crippen LogP contribution is -2.48. The molecule has 1 aromatic carbocycles. The Hall–Kier alpha value is -2.51. The molecule has 6 nitrogen and oxygen atoms in total. The minimum Gasteiger partial charge on any atom is -0.335 e. The summed E-state index contributed by atoms with van der Waals surface area (Å²) in [6.07, 6.45) is 3.68. The van der Waals surface area contributed by atoms with Crippen LogP contribution in [-0.4, -0.2) is 33.8 Å². The molecule has 0 radical (unpaired) electrons. The Morgan fingerprint density at radius 3 is 2.68 bits per heavy atom. The molecule has 28 heavy (non-hydrogen) atoms. The first kappa shape index (κ1) is 18.8. The summed E-state index contributed by atoms with van der Waals surface area (Å²) >= 11 is 0. The van der Waals surface area contributed by atoms with E-state index in [9.17, 15) is 18.4 Å². The number of aromatic nitrogens is 2. The van der Waals surface area contributed by atoms with E-state index in [1.807, 2.05) is 12.1 Å². The van der Waals surface area contributed by atoms with E-state index in [0.717, 1.165) is 5.39 Å². The molecule has 2 aliphatic rings. The highest BCUT2D eigenvalue weighted by atomic mass is 19.3. The third kappa shape index (κ3) is 3.47. The summed E-state index contributed by atoms with van der Waals surface area (Å²) in [4.78, 5) is 24.7. The Kier molecular flexibility index (Phi) is 4.59. The standard InChI is InChI=1S/C20H24F2N4O2/c1-13(11-26-17(27)16-5-3-2-4-14(16)10-23-26)24-18(28)25-15-6-8-19(9-7-15)12-20(19,21)22/h2-5,10,13,15H,6-9,11-12H2,1H3,(H2,24,25,28). The maximum Gasteiger partial charge on any atom is 0.315 e. The van der Waals surface area contributed by atoms with Crippen molar-refractivity contribution >= 4 is 16.8 Å². The number of halogens is 2. The molecule has 2 amide bonds. The average molecular weight is 390 g/mol. The van der Waals surface area contributed by atoms with Crippen LogP contribution in [0.3, 0.4) is 0 Å². The van der Waals surface area contributed by atoms with Gasteiger partial charge in [-0.2, -0.15) is 5.10 Å². The average Bonchev–Trinajstić information content (AvgIpc) is 3.19. The van der Waals surface area contributed by atoms with Gasteiger partial charge in [-0.05, 0) is 38.7 Å². The smallest absolute Gasteiger partial charge is 0.315 e. The van der Waals surface area contributed by atoms with Gasteiger partial charge in [-0.15, -0.1) is 0 Å². The highest BCUT2D eigenvalue weighted by Gasteiger charge is 2.70. The molecule has 1 atom stereocenters. The summed E-state index contributed by atoms with van der Waals surface area (Å²) < 4.78 is 28.2. The van der Waals surface area contributed by atoms with Crippen LogP contribution in [0.15, 0.2) is 35.3 Å². The van der Waals surface area contributed by atoms with Gasteiger partial charge in [0.1, 0.15) is 0 Å². The zero-order chi connectivity index (χ0) is 19.9. The second kappa shape index (κ2) is 6.83. The minimum atomic E-state index is -2.52. The molecule has 2 aromatic rings. The number of nitrogens with one attached hydrogen (secondary N) is 2. The first-order chi connectivity index (χ1) is 13.3. The Bertz CT molecular complexity index is 951. The third-order valence-electron chi connectivity index (χ3n) is 6.08. The van der Waals surface area contributed by atoms with Gasteiger partial charge in [-0.3, -0.25) is 4.79 Å². The number of carbonyl (C=O) groups excluding carboxylic acids is 1. The molecule has 1 spiro atoms. The Morgan fingerprint density at radius 1 is 1.32 bits per heavy atom. The highest BCUT2D eigenvalue weighted by molar-refractivity contribution is 5.80. The number of carbonyl (C=O) groups is 1. The fourth-order valence-corrected chi connectivity index (χ4v) is 4.25. The summed E-state index contributed by atoms with van der Waals surface area (Å²) in [6.45, 7) is 2.04. The lowest BCUT2D eigenvalue weighted by Gasteiger charge is -2.29. The number of hydrogen-bond donors (Lipinski definition) is 2. The Balaban J connectivity index is 1.29. The van der Waals surface area contributed by atoms with E-state index >= 15 is 0 Å². The van der Waals surface area contributed by atoms with Crippen molar-refractivity contribution < 1.29 is 13.6 Å². The topological polar surface area (TPSA) is 76.0 Å². The van der Waals surface area contributed by atoms with Gasteiger partial charge in [-0.1, -0.05) is 18.2 Å². The number of nitrogens with zero attached hydrogens (tertiary/aromatic N) is 2. The molecule has 0 saturated heterocycles. The van der Waals surface area contributed by atoms with Gasteiger partial charge in [0.25, 0.3) is 11.5 Å². The van der Waals surface area contributed by atoms with E-state index in [1.165, 1.54) is 4.68 Å². The summed E-state index contributed by atoms with van der Waals surface area (Å²) in [5, 5.41) is 11.2. The minimum absolute atomic E-state index is 0.0105.